The molecule has 90 valence electrons. The fourth-order valence-electron chi connectivity index (χ4n) is 1.68. The van der Waals surface area contributed by atoms with Gasteiger partial charge < -0.3 is 10.7 Å². The van der Waals surface area contributed by atoms with Gasteiger partial charge in [-0.25, -0.2) is 9.37 Å². The lowest BCUT2D eigenvalue weighted by Gasteiger charge is -2.14. The Balaban J connectivity index is 2.50. The molecule has 1 aromatic carbocycles. The molecule has 0 saturated heterocycles. The fraction of sp³-hybridized carbons (Fsp3) is 0.308. The largest absolute Gasteiger partial charge is 0.344 e. The van der Waals surface area contributed by atoms with Crippen molar-refractivity contribution >= 4 is 0 Å². The molecule has 3 nitrogen and oxygen atoms in total. The molecule has 0 bridgehead atoms. The molecule has 0 radical (unpaired) electrons. The predicted octanol–water partition coefficient (Wildman–Crippen LogP) is 2.72. The van der Waals surface area contributed by atoms with Gasteiger partial charge in [0, 0.05) is 11.3 Å². The van der Waals surface area contributed by atoms with Gasteiger partial charge in [0.15, 0.2) is 0 Å². The second-order valence-electron chi connectivity index (χ2n) is 4.79. The van der Waals surface area contributed by atoms with Gasteiger partial charge in [-0.05, 0) is 32.9 Å². The van der Waals surface area contributed by atoms with Crippen molar-refractivity contribution in [1.82, 2.24) is 9.97 Å². The van der Waals surface area contributed by atoms with Crippen molar-refractivity contribution in [1.29, 1.82) is 0 Å². The van der Waals surface area contributed by atoms with Crippen LogP contribution in [0, 0.1) is 12.7 Å². The first-order chi connectivity index (χ1) is 7.88. The third-order valence-corrected chi connectivity index (χ3v) is 2.59. The lowest BCUT2D eigenvalue weighted by atomic mass is 10.1. The van der Waals surface area contributed by atoms with Gasteiger partial charge in [-0.1, -0.05) is 12.1 Å². The molecule has 3 N–H and O–H groups in total. The van der Waals surface area contributed by atoms with Crippen LogP contribution in [0.4, 0.5) is 4.39 Å². The topological polar surface area (TPSA) is 54.7 Å². The first kappa shape index (κ1) is 11.8. The molecule has 17 heavy (non-hydrogen) atoms. The van der Waals surface area contributed by atoms with E-state index < -0.39 is 5.54 Å². The maximum atomic E-state index is 13.2. The van der Waals surface area contributed by atoms with Crippen LogP contribution < -0.4 is 5.73 Å². The molecule has 2 aromatic rings. The molecule has 1 aromatic heterocycles. The van der Waals surface area contributed by atoms with E-state index in [4.69, 9.17) is 5.73 Å². The van der Waals surface area contributed by atoms with Crippen molar-refractivity contribution in [2.24, 2.45) is 5.73 Å². The van der Waals surface area contributed by atoms with E-state index in [2.05, 4.69) is 9.97 Å². The van der Waals surface area contributed by atoms with Gasteiger partial charge in [-0.3, -0.25) is 0 Å². The number of nitrogens with one attached hydrogen (secondary N) is 1. The summed E-state index contributed by atoms with van der Waals surface area (Å²) in [5, 5.41) is 0. The van der Waals surface area contributed by atoms with Crippen LogP contribution in [0.15, 0.2) is 24.3 Å². The first-order valence-electron chi connectivity index (χ1n) is 5.50. The maximum absolute atomic E-state index is 13.2. The van der Waals surface area contributed by atoms with Crippen molar-refractivity contribution in [3.05, 3.63) is 41.6 Å². The van der Waals surface area contributed by atoms with Crippen LogP contribution in [0.1, 0.15) is 25.4 Å². The summed E-state index contributed by atoms with van der Waals surface area (Å²) in [6.07, 6.45) is 0. The summed E-state index contributed by atoms with van der Waals surface area (Å²) in [5.74, 6) is 0.438. The molecular formula is C13H16FN3. The summed E-state index contributed by atoms with van der Waals surface area (Å²) < 4.78 is 13.2. The minimum atomic E-state index is -0.531. The number of aryl methyl sites for hydroxylation is 1. The molecule has 0 aliphatic heterocycles. The van der Waals surface area contributed by atoms with Gasteiger partial charge in [0.05, 0.1) is 11.2 Å². The lowest BCUT2D eigenvalue weighted by molar-refractivity contribution is 0.520. The minimum absolute atomic E-state index is 0.265. The zero-order valence-electron chi connectivity index (χ0n) is 10.2. The van der Waals surface area contributed by atoms with Crippen LogP contribution in [-0.2, 0) is 5.54 Å². The van der Waals surface area contributed by atoms with Crippen molar-refractivity contribution in [3.63, 3.8) is 0 Å². The van der Waals surface area contributed by atoms with Crippen LogP contribution in [-0.4, -0.2) is 9.97 Å². The Labute approximate surface area is 99.9 Å². The van der Waals surface area contributed by atoms with Gasteiger partial charge in [0.2, 0.25) is 0 Å². The predicted molar refractivity (Wildman–Crippen MR) is 65.9 cm³/mol. The molecule has 0 atom stereocenters. The number of aromatic nitrogens is 2. The van der Waals surface area contributed by atoms with Gasteiger partial charge in [0.25, 0.3) is 0 Å². The summed E-state index contributed by atoms with van der Waals surface area (Å²) in [6.45, 7) is 5.66. The van der Waals surface area contributed by atoms with Gasteiger partial charge in [-0.2, -0.15) is 0 Å². The third kappa shape index (κ3) is 2.36. The molecule has 0 spiro atoms. The molecule has 0 aliphatic rings. The lowest BCUT2D eigenvalue weighted by Crippen LogP contribution is -2.30. The number of nitrogens with zero attached hydrogens (tertiary/aromatic N) is 1. The molecule has 0 saturated carbocycles. The average molecular weight is 233 g/mol. The summed E-state index contributed by atoms with van der Waals surface area (Å²) >= 11 is 0. The van der Waals surface area contributed by atoms with Crippen LogP contribution in [0.2, 0.25) is 0 Å². The summed E-state index contributed by atoms with van der Waals surface area (Å²) in [4.78, 5) is 7.59. The number of nitrogens with two attached hydrogens (primary N) is 1. The van der Waals surface area contributed by atoms with Crippen LogP contribution in [0.3, 0.4) is 0 Å². The summed E-state index contributed by atoms with van der Waals surface area (Å²) in [5.41, 5.74) is 7.85. The monoisotopic (exact) mass is 233 g/mol. The Morgan fingerprint density at radius 2 is 2.06 bits per heavy atom. The molecule has 0 fully saturated rings. The van der Waals surface area contributed by atoms with Gasteiger partial charge in [-0.15, -0.1) is 0 Å². The molecule has 0 aliphatic carbocycles. The fourth-order valence-corrected chi connectivity index (χ4v) is 1.68. The number of aromatic amines is 1. The average Bonchev–Trinajstić information content (AvgIpc) is 2.60. The molecular weight excluding hydrogens is 217 g/mol. The number of rotatable bonds is 2. The Morgan fingerprint density at radius 3 is 2.59 bits per heavy atom. The molecule has 4 heteroatoms. The second-order valence-corrected chi connectivity index (χ2v) is 4.79. The third-order valence-electron chi connectivity index (χ3n) is 2.59. The van der Waals surface area contributed by atoms with E-state index in [9.17, 15) is 4.39 Å². The summed E-state index contributed by atoms with van der Waals surface area (Å²) in [7, 11) is 0. The van der Waals surface area contributed by atoms with E-state index in [-0.39, 0.29) is 5.82 Å². The summed E-state index contributed by atoms with van der Waals surface area (Å²) in [6, 6.07) is 6.39. The van der Waals surface area contributed by atoms with Crippen molar-refractivity contribution < 1.29 is 4.39 Å². The molecule has 2 rings (SSSR count). The van der Waals surface area contributed by atoms with E-state index >= 15 is 0 Å². The maximum Gasteiger partial charge on any atom is 0.126 e. The zero-order valence-corrected chi connectivity index (χ0v) is 10.2. The van der Waals surface area contributed by atoms with Crippen molar-refractivity contribution in [2.75, 3.05) is 0 Å². The Kier molecular flexibility index (Phi) is 2.75. The highest BCUT2D eigenvalue weighted by molar-refractivity contribution is 5.62. The number of halogens is 1. The van der Waals surface area contributed by atoms with E-state index in [0.29, 0.717) is 5.82 Å². The second kappa shape index (κ2) is 3.96. The quantitative estimate of drug-likeness (QED) is 0.838. The van der Waals surface area contributed by atoms with Crippen LogP contribution >= 0.6 is 0 Å². The highest BCUT2D eigenvalue weighted by atomic mass is 19.1. The van der Waals surface area contributed by atoms with Gasteiger partial charge in [0.1, 0.15) is 11.6 Å². The number of H-pyrrole nitrogens is 1. The van der Waals surface area contributed by atoms with E-state index in [1.807, 2.05) is 26.8 Å². The standard InChI is InChI=1S/C13H16FN3/c1-8-11(9-5-4-6-10(14)7-9)17-12(16-8)13(2,3)15/h4-7H,15H2,1-3H3,(H,16,17). The van der Waals surface area contributed by atoms with E-state index in [1.54, 1.807) is 6.07 Å². The normalized spacial score (nSPS) is 11.8. The molecule has 0 amide bonds. The smallest absolute Gasteiger partial charge is 0.126 e. The SMILES string of the molecule is Cc1[nH]c(C(C)(C)N)nc1-c1cccc(F)c1. The Bertz CT molecular complexity index is 538. The highest BCUT2D eigenvalue weighted by Gasteiger charge is 2.20. The van der Waals surface area contributed by atoms with Crippen LogP contribution in [0.25, 0.3) is 11.3 Å². The molecule has 0 unspecified atom stereocenters. The Hall–Kier alpha value is -1.68. The van der Waals surface area contributed by atoms with Gasteiger partial charge >= 0.3 is 0 Å². The van der Waals surface area contributed by atoms with Crippen LogP contribution in [0.5, 0.6) is 0 Å². The first-order valence-corrected chi connectivity index (χ1v) is 5.50. The number of hydrogen-bond donors (Lipinski definition) is 2. The Morgan fingerprint density at radius 1 is 1.35 bits per heavy atom. The zero-order chi connectivity index (χ0) is 12.6. The van der Waals surface area contributed by atoms with E-state index in [1.165, 1.54) is 12.1 Å². The highest BCUT2D eigenvalue weighted by Crippen LogP contribution is 2.24. The van der Waals surface area contributed by atoms with Crippen molar-refractivity contribution in [3.8, 4) is 11.3 Å². The number of hydrogen-bond acceptors (Lipinski definition) is 2. The van der Waals surface area contributed by atoms with E-state index in [0.717, 1.165) is 17.0 Å². The number of imidazole rings is 1. The number of benzene rings is 1. The van der Waals surface area contributed by atoms with Crippen molar-refractivity contribution in [2.45, 2.75) is 26.3 Å². The molecule has 1 heterocycles. The minimum Gasteiger partial charge on any atom is -0.344 e.